The van der Waals surface area contributed by atoms with Gasteiger partial charge >= 0.3 is 0 Å². The summed E-state index contributed by atoms with van der Waals surface area (Å²) in [4.78, 5) is 33.2. The maximum Gasteiger partial charge on any atom is 0.267 e. The van der Waals surface area contributed by atoms with Crippen LogP contribution in [0, 0.1) is 6.92 Å². The minimum atomic E-state index is -0.200. The molecule has 1 aliphatic carbocycles. The molecule has 1 amide bonds. The average molecular weight is 498 g/mol. The number of amides is 1. The molecule has 0 unspecified atom stereocenters. The Kier molecular flexibility index (Phi) is 6.31. The standard InChI is InChI=1S/C23H23N5O2S3/c1-3-18-26-27-22(33-18)24-17(29)12-31-23-25-20-19(15-6-4-5-7-16(15)32-20)21(30)28(23)14-10-8-13(2)9-11-14/h8-11H,3-7,12H2,1-2H3,(H,24,27,29). The molecule has 0 saturated heterocycles. The highest BCUT2D eigenvalue weighted by atomic mass is 32.2. The molecule has 0 atom stereocenters. The van der Waals surface area contributed by atoms with Crippen molar-refractivity contribution in [1.82, 2.24) is 19.7 Å². The molecule has 0 bridgehead atoms. The molecule has 7 nitrogen and oxygen atoms in total. The van der Waals surface area contributed by atoms with Crippen molar-refractivity contribution in [3.8, 4) is 5.69 Å². The van der Waals surface area contributed by atoms with Crippen molar-refractivity contribution in [3.63, 3.8) is 0 Å². The van der Waals surface area contributed by atoms with Crippen LogP contribution in [0.5, 0.6) is 0 Å². The molecule has 4 aromatic rings. The number of thioether (sulfide) groups is 1. The number of rotatable bonds is 6. The molecule has 0 aliphatic heterocycles. The first-order valence-corrected chi connectivity index (χ1v) is 13.5. The number of carbonyl (C=O) groups is 1. The summed E-state index contributed by atoms with van der Waals surface area (Å²) in [6.07, 6.45) is 4.97. The Balaban J connectivity index is 1.51. The molecule has 33 heavy (non-hydrogen) atoms. The SMILES string of the molecule is CCc1nnc(NC(=O)CSc2nc3sc4c(c3c(=O)n2-c2ccc(C)cc2)CCCC4)s1. The number of benzene rings is 1. The Morgan fingerprint density at radius 1 is 1.15 bits per heavy atom. The number of thiophene rings is 1. The number of nitrogens with zero attached hydrogens (tertiary/aromatic N) is 4. The lowest BCUT2D eigenvalue weighted by molar-refractivity contribution is -0.113. The highest BCUT2D eigenvalue weighted by Crippen LogP contribution is 2.35. The van der Waals surface area contributed by atoms with Crippen LogP contribution in [0.3, 0.4) is 0 Å². The van der Waals surface area contributed by atoms with Gasteiger partial charge in [-0.25, -0.2) is 4.98 Å². The Hall–Kier alpha value is -2.56. The molecule has 1 aliphatic rings. The third-order valence-electron chi connectivity index (χ3n) is 5.60. The zero-order valence-electron chi connectivity index (χ0n) is 18.4. The van der Waals surface area contributed by atoms with Crippen LogP contribution in [0.25, 0.3) is 15.9 Å². The van der Waals surface area contributed by atoms with Crippen LogP contribution < -0.4 is 10.9 Å². The Morgan fingerprint density at radius 2 is 1.94 bits per heavy atom. The molecule has 170 valence electrons. The Labute approximate surface area is 203 Å². The number of anilines is 1. The molecule has 0 radical (unpaired) electrons. The lowest BCUT2D eigenvalue weighted by atomic mass is 9.97. The highest BCUT2D eigenvalue weighted by Gasteiger charge is 2.23. The molecule has 10 heteroatoms. The second-order valence-corrected chi connectivity index (χ2v) is 11.0. The molecule has 1 aromatic carbocycles. The summed E-state index contributed by atoms with van der Waals surface area (Å²) in [6.45, 7) is 4.01. The fraction of sp³-hybridized carbons (Fsp3) is 0.348. The smallest absolute Gasteiger partial charge is 0.267 e. The van der Waals surface area contributed by atoms with E-state index in [1.165, 1.54) is 28.0 Å². The van der Waals surface area contributed by atoms with Crippen LogP contribution in [0.1, 0.15) is 40.8 Å². The van der Waals surface area contributed by atoms with Gasteiger partial charge in [-0.15, -0.1) is 21.5 Å². The van der Waals surface area contributed by atoms with E-state index in [-0.39, 0.29) is 17.2 Å². The summed E-state index contributed by atoms with van der Waals surface area (Å²) in [5, 5.41) is 13.5. The van der Waals surface area contributed by atoms with Gasteiger partial charge in [-0.05, 0) is 56.7 Å². The van der Waals surface area contributed by atoms with E-state index in [0.29, 0.717) is 10.3 Å². The van der Waals surface area contributed by atoms with Gasteiger partial charge in [0.05, 0.1) is 16.8 Å². The van der Waals surface area contributed by atoms with Gasteiger partial charge in [-0.1, -0.05) is 47.7 Å². The molecule has 0 spiro atoms. The predicted molar refractivity (Wildman–Crippen MR) is 135 cm³/mol. The number of nitrogens with one attached hydrogen (secondary N) is 1. The molecular weight excluding hydrogens is 474 g/mol. The van der Waals surface area contributed by atoms with Gasteiger partial charge in [-0.3, -0.25) is 19.5 Å². The molecule has 3 aromatic heterocycles. The topological polar surface area (TPSA) is 89.8 Å². The second kappa shape index (κ2) is 9.36. The van der Waals surface area contributed by atoms with Crippen LogP contribution in [-0.4, -0.2) is 31.4 Å². The van der Waals surface area contributed by atoms with E-state index in [4.69, 9.17) is 4.98 Å². The Morgan fingerprint density at radius 3 is 2.70 bits per heavy atom. The Bertz CT molecular complexity index is 1390. The number of aromatic nitrogens is 4. The van der Waals surface area contributed by atoms with Gasteiger partial charge in [0, 0.05) is 4.88 Å². The van der Waals surface area contributed by atoms with Crippen molar-refractivity contribution >= 4 is 55.7 Å². The minimum absolute atomic E-state index is 0.0529. The van der Waals surface area contributed by atoms with Crippen LogP contribution in [0.4, 0.5) is 5.13 Å². The van der Waals surface area contributed by atoms with Crippen LogP contribution in [-0.2, 0) is 24.1 Å². The highest BCUT2D eigenvalue weighted by molar-refractivity contribution is 7.99. The minimum Gasteiger partial charge on any atom is -0.300 e. The van der Waals surface area contributed by atoms with E-state index in [0.717, 1.165) is 64.1 Å². The number of fused-ring (bicyclic) bond motifs is 3. The monoisotopic (exact) mass is 497 g/mol. The lowest BCUT2D eigenvalue weighted by Gasteiger charge is -2.13. The molecule has 1 N–H and O–H groups in total. The maximum absolute atomic E-state index is 13.7. The number of aryl methyl sites for hydroxylation is 4. The third-order valence-corrected chi connectivity index (χ3v) is 8.71. The fourth-order valence-electron chi connectivity index (χ4n) is 3.94. The lowest BCUT2D eigenvalue weighted by Crippen LogP contribution is -2.23. The molecule has 5 rings (SSSR count). The second-order valence-electron chi connectivity index (χ2n) is 7.95. The van der Waals surface area contributed by atoms with Crippen molar-refractivity contribution < 1.29 is 4.79 Å². The van der Waals surface area contributed by atoms with Crippen LogP contribution >= 0.6 is 34.4 Å². The summed E-state index contributed by atoms with van der Waals surface area (Å²) in [7, 11) is 0. The normalized spacial score (nSPS) is 13.3. The van der Waals surface area contributed by atoms with E-state index >= 15 is 0 Å². The zero-order valence-corrected chi connectivity index (χ0v) is 20.8. The summed E-state index contributed by atoms with van der Waals surface area (Å²) >= 11 is 4.26. The molecular formula is C23H23N5O2S3. The van der Waals surface area contributed by atoms with Crippen molar-refractivity contribution in [2.75, 3.05) is 11.1 Å². The zero-order chi connectivity index (χ0) is 22.9. The average Bonchev–Trinajstić information content (AvgIpc) is 3.42. The van der Waals surface area contributed by atoms with Crippen molar-refractivity contribution in [2.24, 2.45) is 0 Å². The van der Waals surface area contributed by atoms with Crippen molar-refractivity contribution in [2.45, 2.75) is 51.1 Å². The van der Waals surface area contributed by atoms with Gasteiger partial charge in [0.2, 0.25) is 11.0 Å². The third kappa shape index (κ3) is 4.47. The molecule has 3 heterocycles. The summed E-state index contributed by atoms with van der Waals surface area (Å²) < 4.78 is 1.65. The molecule has 0 saturated carbocycles. The maximum atomic E-state index is 13.7. The van der Waals surface area contributed by atoms with Gasteiger partial charge in [0.25, 0.3) is 5.56 Å². The van der Waals surface area contributed by atoms with Crippen molar-refractivity contribution in [3.05, 3.63) is 55.6 Å². The van der Waals surface area contributed by atoms with Crippen LogP contribution in [0.15, 0.2) is 34.2 Å². The summed E-state index contributed by atoms with van der Waals surface area (Å²) in [6, 6.07) is 7.83. The van der Waals surface area contributed by atoms with E-state index < -0.39 is 0 Å². The van der Waals surface area contributed by atoms with Crippen molar-refractivity contribution in [1.29, 1.82) is 0 Å². The number of hydrogen-bond acceptors (Lipinski definition) is 8. The quantitative estimate of drug-likeness (QED) is 0.305. The van der Waals surface area contributed by atoms with E-state index in [1.807, 2.05) is 38.1 Å². The van der Waals surface area contributed by atoms with Gasteiger partial charge in [0.1, 0.15) is 9.84 Å². The summed E-state index contributed by atoms with van der Waals surface area (Å²) in [5.41, 5.74) is 2.99. The first kappa shape index (κ1) is 22.2. The molecule has 0 fully saturated rings. The fourth-order valence-corrected chi connectivity index (χ4v) is 6.75. The van der Waals surface area contributed by atoms with E-state index in [1.54, 1.807) is 15.9 Å². The van der Waals surface area contributed by atoms with Gasteiger partial charge < -0.3 is 0 Å². The predicted octanol–water partition coefficient (Wildman–Crippen LogP) is 4.78. The van der Waals surface area contributed by atoms with E-state index in [2.05, 4.69) is 15.5 Å². The van der Waals surface area contributed by atoms with Gasteiger partial charge in [-0.2, -0.15) is 0 Å². The largest absolute Gasteiger partial charge is 0.300 e. The number of hydrogen-bond donors (Lipinski definition) is 1. The van der Waals surface area contributed by atoms with Crippen LogP contribution in [0.2, 0.25) is 0 Å². The summed E-state index contributed by atoms with van der Waals surface area (Å²) in [5.74, 6) is -0.0790. The first-order valence-electron chi connectivity index (χ1n) is 10.9. The number of carbonyl (C=O) groups excluding carboxylic acids is 1. The van der Waals surface area contributed by atoms with E-state index in [9.17, 15) is 9.59 Å². The first-order chi connectivity index (χ1) is 16.0. The van der Waals surface area contributed by atoms with Gasteiger partial charge in [0.15, 0.2) is 5.16 Å².